The Bertz CT molecular complexity index is 279. The van der Waals surface area contributed by atoms with Crippen LogP contribution in [0.15, 0.2) is 4.99 Å². The monoisotopic (exact) mass is 268 g/mol. The second-order valence-electron chi connectivity index (χ2n) is 5.71. The van der Waals surface area contributed by atoms with E-state index in [1.165, 1.54) is 25.7 Å². The fourth-order valence-electron chi connectivity index (χ4n) is 2.85. The number of aliphatic imine (C=N–C) groups is 1. The molecular formula is C14H28N4O. The smallest absolute Gasteiger partial charge is 0.191 e. The number of aliphatic hydroxyl groups is 1. The number of hydrogen-bond donors (Lipinski definition) is 2. The summed E-state index contributed by atoms with van der Waals surface area (Å²) in [6.45, 7) is 5.83. The molecule has 2 rings (SSSR count). The third-order valence-corrected chi connectivity index (χ3v) is 4.18. The lowest BCUT2D eigenvalue weighted by molar-refractivity contribution is 0.0841. The Morgan fingerprint density at radius 3 is 2.32 bits per heavy atom. The molecule has 0 amide bonds. The molecule has 0 aromatic rings. The molecule has 0 aromatic heterocycles. The molecule has 110 valence electrons. The Balaban J connectivity index is 1.68. The van der Waals surface area contributed by atoms with Crippen molar-refractivity contribution in [2.45, 2.75) is 44.6 Å². The van der Waals surface area contributed by atoms with E-state index in [-0.39, 0.29) is 6.10 Å². The van der Waals surface area contributed by atoms with Gasteiger partial charge in [0.2, 0.25) is 0 Å². The predicted octanol–water partition coefficient (Wildman–Crippen LogP) is 0.634. The van der Waals surface area contributed by atoms with Crippen molar-refractivity contribution >= 4 is 5.96 Å². The average Bonchev–Trinajstić information content (AvgIpc) is 2.70. The number of nitrogens with two attached hydrogens (primary N) is 1. The topological polar surface area (TPSA) is 65.1 Å². The number of likely N-dealkylation sites (tertiary alicyclic amines) is 2. The van der Waals surface area contributed by atoms with Crippen molar-refractivity contribution < 1.29 is 5.11 Å². The van der Waals surface area contributed by atoms with Crippen molar-refractivity contribution in [3.05, 3.63) is 0 Å². The minimum absolute atomic E-state index is 0.0954. The minimum atomic E-state index is -0.0954. The van der Waals surface area contributed by atoms with E-state index in [4.69, 9.17) is 5.73 Å². The van der Waals surface area contributed by atoms with Gasteiger partial charge in [0, 0.05) is 32.7 Å². The molecule has 2 aliphatic rings. The maximum Gasteiger partial charge on any atom is 0.191 e. The van der Waals surface area contributed by atoms with Crippen LogP contribution in [0.3, 0.4) is 0 Å². The van der Waals surface area contributed by atoms with Gasteiger partial charge in [-0.05, 0) is 25.7 Å². The van der Waals surface area contributed by atoms with E-state index >= 15 is 0 Å². The highest BCUT2D eigenvalue weighted by Crippen LogP contribution is 2.10. The first kappa shape index (κ1) is 14.6. The van der Waals surface area contributed by atoms with E-state index in [1.54, 1.807) is 0 Å². The molecule has 5 nitrogen and oxygen atoms in total. The Hall–Kier alpha value is -0.810. The van der Waals surface area contributed by atoms with Crippen LogP contribution in [0.1, 0.15) is 38.5 Å². The lowest BCUT2D eigenvalue weighted by Gasteiger charge is -2.29. The number of guanidine groups is 1. The second-order valence-corrected chi connectivity index (χ2v) is 5.71. The van der Waals surface area contributed by atoms with Crippen molar-refractivity contribution in [1.29, 1.82) is 0 Å². The fourth-order valence-corrected chi connectivity index (χ4v) is 2.85. The zero-order valence-electron chi connectivity index (χ0n) is 11.9. The lowest BCUT2D eigenvalue weighted by Crippen LogP contribution is -2.40. The summed E-state index contributed by atoms with van der Waals surface area (Å²) in [7, 11) is 0. The van der Waals surface area contributed by atoms with Gasteiger partial charge in [0.25, 0.3) is 0 Å². The normalized spacial score (nSPS) is 24.5. The molecule has 0 spiro atoms. The van der Waals surface area contributed by atoms with E-state index in [2.05, 4.69) is 14.8 Å². The van der Waals surface area contributed by atoms with Gasteiger partial charge in [0.05, 0.1) is 12.6 Å². The highest BCUT2D eigenvalue weighted by Gasteiger charge is 2.16. The molecule has 2 saturated heterocycles. The molecule has 2 heterocycles. The highest BCUT2D eigenvalue weighted by molar-refractivity contribution is 5.78. The summed E-state index contributed by atoms with van der Waals surface area (Å²) in [5.41, 5.74) is 6.07. The van der Waals surface area contributed by atoms with Crippen LogP contribution in [0, 0.1) is 0 Å². The summed E-state index contributed by atoms with van der Waals surface area (Å²) in [4.78, 5) is 9.11. The first-order valence-corrected chi connectivity index (χ1v) is 7.71. The molecule has 0 unspecified atom stereocenters. The number of aliphatic hydroxyl groups excluding tert-OH is 1. The van der Waals surface area contributed by atoms with Crippen molar-refractivity contribution in [1.82, 2.24) is 9.80 Å². The van der Waals surface area contributed by atoms with Gasteiger partial charge in [0.1, 0.15) is 0 Å². The van der Waals surface area contributed by atoms with Crippen LogP contribution in [0.2, 0.25) is 0 Å². The van der Waals surface area contributed by atoms with Crippen LogP contribution in [-0.2, 0) is 0 Å². The van der Waals surface area contributed by atoms with Crippen LogP contribution in [-0.4, -0.2) is 66.2 Å². The van der Waals surface area contributed by atoms with Crippen LogP contribution in [0.4, 0.5) is 0 Å². The molecule has 5 heteroatoms. The van der Waals surface area contributed by atoms with E-state index < -0.39 is 0 Å². The molecule has 0 radical (unpaired) electrons. The van der Waals surface area contributed by atoms with Crippen LogP contribution < -0.4 is 5.73 Å². The molecule has 0 aromatic carbocycles. The average molecular weight is 268 g/mol. The predicted molar refractivity (Wildman–Crippen MR) is 78.2 cm³/mol. The molecule has 2 aliphatic heterocycles. The Kier molecular flexibility index (Phi) is 5.92. The maximum absolute atomic E-state index is 9.46. The third kappa shape index (κ3) is 4.99. The molecule has 0 aliphatic carbocycles. The first-order chi connectivity index (χ1) is 9.25. The van der Waals surface area contributed by atoms with E-state index in [0.29, 0.717) is 0 Å². The molecule has 0 bridgehead atoms. The van der Waals surface area contributed by atoms with Crippen LogP contribution >= 0.6 is 0 Å². The number of hydrogen-bond acceptors (Lipinski definition) is 3. The molecule has 0 atom stereocenters. The minimum Gasteiger partial charge on any atom is -0.393 e. The second kappa shape index (κ2) is 7.70. The highest BCUT2D eigenvalue weighted by atomic mass is 16.3. The van der Waals surface area contributed by atoms with Gasteiger partial charge in [-0.2, -0.15) is 0 Å². The molecule has 0 saturated carbocycles. The maximum atomic E-state index is 9.46. The zero-order valence-corrected chi connectivity index (χ0v) is 11.9. The van der Waals surface area contributed by atoms with Gasteiger partial charge in [-0.15, -0.1) is 0 Å². The fraction of sp³-hybridized carbons (Fsp3) is 0.929. The molecule has 2 fully saturated rings. The first-order valence-electron chi connectivity index (χ1n) is 7.71. The number of rotatable bonds is 3. The van der Waals surface area contributed by atoms with E-state index in [9.17, 15) is 5.11 Å². The number of nitrogens with zero attached hydrogens (tertiary/aromatic N) is 3. The van der Waals surface area contributed by atoms with Crippen LogP contribution in [0.25, 0.3) is 0 Å². The van der Waals surface area contributed by atoms with Gasteiger partial charge in [0.15, 0.2) is 5.96 Å². The Labute approximate surface area is 116 Å². The van der Waals surface area contributed by atoms with Gasteiger partial charge in [-0.3, -0.25) is 4.99 Å². The van der Waals surface area contributed by atoms with Crippen molar-refractivity contribution in [2.75, 3.05) is 39.3 Å². The molecule has 3 N–H and O–H groups in total. The van der Waals surface area contributed by atoms with Gasteiger partial charge < -0.3 is 20.6 Å². The van der Waals surface area contributed by atoms with Gasteiger partial charge in [-0.1, -0.05) is 12.8 Å². The van der Waals surface area contributed by atoms with Crippen LogP contribution in [0.5, 0.6) is 0 Å². The standard InChI is InChI=1S/C14H28N4O/c15-14(18-8-3-1-2-4-9-18)16-7-12-17-10-5-13(19)6-11-17/h13,19H,1-12H2,(H2,15,16). The number of piperidine rings is 1. The van der Waals surface area contributed by atoms with Crippen molar-refractivity contribution in [3.8, 4) is 0 Å². The Morgan fingerprint density at radius 1 is 1.05 bits per heavy atom. The molecule has 19 heavy (non-hydrogen) atoms. The summed E-state index contributed by atoms with van der Waals surface area (Å²) >= 11 is 0. The zero-order chi connectivity index (χ0) is 13.5. The SMILES string of the molecule is NC(=NCCN1CCC(O)CC1)N1CCCCCC1. The quantitative estimate of drug-likeness (QED) is 0.582. The van der Waals surface area contributed by atoms with Crippen molar-refractivity contribution in [3.63, 3.8) is 0 Å². The summed E-state index contributed by atoms with van der Waals surface area (Å²) in [5, 5.41) is 9.46. The largest absolute Gasteiger partial charge is 0.393 e. The van der Waals surface area contributed by atoms with Gasteiger partial charge in [-0.25, -0.2) is 0 Å². The summed E-state index contributed by atoms with van der Waals surface area (Å²) in [5.74, 6) is 0.721. The van der Waals surface area contributed by atoms with Crippen molar-refractivity contribution in [2.24, 2.45) is 10.7 Å². The molecular weight excluding hydrogens is 240 g/mol. The van der Waals surface area contributed by atoms with E-state index in [1.807, 2.05) is 0 Å². The van der Waals surface area contributed by atoms with Gasteiger partial charge >= 0.3 is 0 Å². The summed E-state index contributed by atoms with van der Waals surface area (Å²) < 4.78 is 0. The summed E-state index contributed by atoms with van der Waals surface area (Å²) in [6.07, 6.45) is 6.80. The summed E-state index contributed by atoms with van der Waals surface area (Å²) in [6, 6.07) is 0. The van der Waals surface area contributed by atoms with E-state index in [0.717, 1.165) is 58.1 Å². The lowest BCUT2D eigenvalue weighted by atomic mass is 10.1. The third-order valence-electron chi connectivity index (χ3n) is 4.18. The Morgan fingerprint density at radius 2 is 1.68 bits per heavy atom.